The Bertz CT molecular complexity index is 1080. The summed E-state index contributed by atoms with van der Waals surface area (Å²) in [6.07, 6.45) is 5.02. The number of amides is 2. The molecule has 3 aliphatic rings. The van der Waals surface area contributed by atoms with E-state index in [4.69, 9.17) is 14.6 Å². The number of hydrogen-bond donors (Lipinski definition) is 3. The summed E-state index contributed by atoms with van der Waals surface area (Å²) < 4.78 is 40.4. The van der Waals surface area contributed by atoms with Gasteiger partial charge in [0.15, 0.2) is 17.4 Å². The molecule has 1 saturated heterocycles. The molecule has 1 atom stereocenters. The number of hydrogen-bond acceptors (Lipinski definition) is 7. The fourth-order valence-electron chi connectivity index (χ4n) is 4.05. The maximum Gasteiger partial charge on any atom is 0.410 e. The van der Waals surface area contributed by atoms with Crippen LogP contribution < -0.4 is 15.4 Å². The molecular weight excluding hydrogens is 478 g/mol. The summed E-state index contributed by atoms with van der Waals surface area (Å²) in [4.78, 5) is 39.8. The molecule has 0 radical (unpaired) electrons. The minimum atomic E-state index is -1.58. The van der Waals surface area contributed by atoms with E-state index in [0.29, 0.717) is 32.3 Å². The Morgan fingerprint density at radius 1 is 1.28 bits per heavy atom. The topological polar surface area (TPSA) is 130 Å². The quantitative estimate of drug-likeness (QED) is 0.439. The van der Waals surface area contributed by atoms with Crippen molar-refractivity contribution in [3.05, 3.63) is 35.5 Å². The number of carbonyl (C=O) groups excluding carboxylic acids is 2. The molecule has 36 heavy (non-hydrogen) atoms. The second-order valence-corrected chi connectivity index (χ2v) is 9.52. The zero-order valence-electron chi connectivity index (χ0n) is 19.8. The molecule has 194 valence electrons. The Labute approximate surface area is 206 Å². The van der Waals surface area contributed by atoms with Crippen LogP contribution in [0.5, 0.6) is 5.75 Å². The Kier molecular flexibility index (Phi) is 7.14. The highest BCUT2D eigenvalue weighted by atomic mass is 19.1. The highest BCUT2D eigenvalue weighted by Crippen LogP contribution is 2.39. The summed E-state index contributed by atoms with van der Waals surface area (Å²) in [6.45, 7) is 3.01. The highest BCUT2D eigenvalue weighted by molar-refractivity contribution is 6.10. The van der Waals surface area contributed by atoms with Gasteiger partial charge in [0.1, 0.15) is 12.0 Å². The zero-order valence-corrected chi connectivity index (χ0v) is 19.8. The maximum atomic E-state index is 14.7. The Morgan fingerprint density at radius 3 is 2.47 bits per heavy atom. The normalized spacial score (nSPS) is 22.8. The predicted octanol–water partition coefficient (Wildman–Crippen LogP) is 2.63. The lowest BCUT2D eigenvalue weighted by molar-refractivity contribution is -0.139. The van der Waals surface area contributed by atoms with Crippen molar-refractivity contribution < 1.29 is 37.7 Å². The molecule has 12 heteroatoms. The minimum Gasteiger partial charge on any atom is -0.487 e. The van der Waals surface area contributed by atoms with E-state index in [9.17, 15) is 23.2 Å². The number of nitrogens with one attached hydrogen (secondary N) is 2. The number of benzene rings is 1. The lowest BCUT2D eigenvalue weighted by Crippen LogP contribution is -2.55. The van der Waals surface area contributed by atoms with Crippen LogP contribution in [0.25, 0.3) is 5.57 Å². The molecule has 10 nitrogen and oxygen atoms in total. The van der Waals surface area contributed by atoms with Gasteiger partial charge in [0.2, 0.25) is 12.2 Å². The summed E-state index contributed by atoms with van der Waals surface area (Å²) in [5.74, 6) is -5.04. The first-order chi connectivity index (χ1) is 17.1. The third-order valence-electron chi connectivity index (χ3n) is 6.55. The molecule has 1 aromatic carbocycles. The standard InChI is InChI=1S/C24H28F2N4O6/c1-23(4-5-23)36-22(34)30-6-2-15(3-7-30)13-35-21-18(25)8-16(9-19(21)26)17-11-27-24(28-12-17,29-14-31)10-20(32)33/h8-9,11-12,14-15,27H,2-7,10,13H2,1H3,(H,29,31)(H,32,33). The largest absolute Gasteiger partial charge is 0.487 e. The van der Waals surface area contributed by atoms with Crippen LogP contribution in [-0.4, -0.2) is 65.8 Å². The molecule has 3 N–H and O–H groups in total. The van der Waals surface area contributed by atoms with Crippen molar-refractivity contribution in [3.8, 4) is 5.75 Å². The number of halogens is 2. The second-order valence-electron chi connectivity index (χ2n) is 9.52. The SMILES string of the molecule is CC1(OC(=O)N2CCC(COc3c(F)cc(C4=CNC(CC(=O)O)(NC=O)N=C4)cc3F)CC2)CC1. The van der Waals surface area contributed by atoms with E-state index in [1.165, 1.54) is 12.4 Å². The van der Waals surface area contributed by atoms with E-state index in [-0.39, 0.29) is 35.4 Å². The summed E-state index contributed by atoms with van der Waals surface area (Å²) >= 11 is 0. The predicted molar refractivity (Wildman–Crippen MR) is 124 cm³/mol. The van der Waals surface area contributed by atoms with Crippen molar-refractivity contribution >= 4 is 30.3 Å². The number of likely N-dealkylation sites (tertiary alicyclic amines) is 1. The van der Waals surface area contributed by atoms with Gasteiger partial charge in [-0.1, -0.05) is 0 Å². The number of carboxylic acid groups (broad SMARTS) is 1. The van der Waals surface area contributed by atoms with Gasteiger partial charge in [-0.25, -0.2) is 18.6 Å². The summed E-state index contributed by atoms with van der Waals surface area (Å²) in [6, 6.07) is 2.18. The van der Waals surface area contributed by atoms with Crippen molar-refractivity contribution in [3.63, 3.8) is 0 Å². The van der Waals surface area contributed by atoms with Crippen molar-refractivity contribution in [1.29, 1.82) is 0 Å². The summed E-state index contributed by atoms with van der Waals surface area (Å²) in [5.41, 5.74) is 0.106. The van der Waals surface area contributed by atoms with E-state index in [0.717, 1.165) is 25.0 Å². The fourth-order valence-corrected chi connectivity index (χ4v) is 4.05. The molecule has 1 aliphatic carbocycles. The van der Waals surface area contributed by atoms with Crippen molar-refractivity contribution in [2.24, 2.45) is 10.9 Å². The first kappa shape index (κ1) is 25.4. The average molecular weight is 507 g/mol. The van der Waals surface area contributed by atoms with Crippen LogP contribution in [-0.2, 0) is 14.3 Å². The van der Waals surface area contributed by atoms with Crippen LogP contribution in [0.2, 0.25) is 0 Å². The third kappa shape index (κ3) is 5.92. The van der Waals surface area contributed by atoms with Crippen LogP contribution in [0.1, 0.15) is 44.6 Å². The number of allylic oxidation sites excluding steroid dienone is 1. The molecule has 0 spiro atoms. The Hall–Kier alpha value is -3.70. The van der Waals surface area contributed by atoms with Crippen molar-refractivity contribution in [1.82, 2.24) is 15.5 Å². The number of aliphatic imine (C=N–C) groups is 1. The van der Waals surface area contributed by atoms with Crippen LogP contribution >= 0.6 is 0 Å². The molecule has 2 heterocycles. The molecule has 2 amide bonds. The molecule has 0 bridgehead atoms. The molecule has 1 aromatic rings. The molecule has 1 unspecified atom stereocenters. The van der Waals surface area contributed by atoms with E-state index in [2.05, 4.69) is 15.6 Å². The van der Waals surface area contributed by atoms with Crippen LogP contribution in [0.3, 0.4) is 0 Å². The van der Waals surface area contributed by atoms with Crippen LogP contribution in [0.15, 0.2) is 23.3 Å². The number of carboxylic acids is 1. The minimum absolute atomic E-state index is 0.0362. The van der Waals surface area contributed by atoms with Gasteiger partial charge in [0, 0.05) is 31.1 Å². The zero-order chi connectivity index (χ0) is 25.9. The van der Waals surface area contributed by atoms with E-state index in [1.54, 1.807) is 4.90 Å². The third-order valence-corrected chi connectivity index (χ3v) is 6.55. The highest BCUT2D eigenvalue weighted by Gasteiger charge is 2.43. The van der Waals surface area contributed by atoms with Gasteiger partial charge in [0.05, 0.1) is 6.61 Å². The molecule has 0 aromatic heterocycles. The molecule has 2 fully saturated rings. The first-order valence-corrected chi connectivity index (χ1v) is 11.7. The first-order valence-electron chi connectivity index (χ1n) is 11.7. The second kappa shape index (κ2) is 10.1. The fraction of sp³-hybridized carbons (Fsp3) is 0.500. The monoisotopic (exact) mass is 506 g/mol. The van der Waals surface area contributed by atoms with Gasteiger partial charge in [-0.15, -0.1) is 0 Å². The number of aliphatic carboxylic acids is 1. The molecule has 2 aliphatic heterocycles. The lowest BCUT2D eigenvalue weighted by Gasteiger charge is -2.32. The Morgan fingerprint density at radius 2 is 1.94 bits per heavy atom. The summed E-state index contributed by atoms with van der Waals surface area (Å²) in [5, 5.41) is 14.0. The smallest absolute Gasteiger partial charge is 0.410 e. The lowest BCUT2D eigenvalue weighted by atomic mass is 9.98. The number of rotatable bonds is 9. The van der Waals surface area contributed by atoms with Crippen molar-refractivity contribution in [2.75, 3.05) is 19.7 Å². The average Bonchev–Trinajstić information content (AvgIpc) is 3.55. The summed E-state index contributed by atoms with van der Waals surface area (Å²) in [7, 11) is 0. The van der Waals surface area contributed by atoms with Crippen molar-refractivity contribution in [2.45, 2.75) is 50.4 Å². The maximum absolute atomic E-state index is 14.7. The van der Waals surface area contributed by atoms with Crippen LogP contribution in [0, 0.1) is 17.6 Å². The molecule has 4 rings (SSSR count). The van der Waals surface area contributed by atoms with Gasteiger partial charge in [0.25, 0.3) is 0 Å². The number of piperidine rings is 1. The van der Waals surface area contributed by atoms with Gasteiger partial charge in [-0.3, -0.25) is 9.59 Å². The molecule has 1 saturated carbocycles. The van der Waals surface area contributed by atoms with Crippen LogP contribution in [0.4, 0.5) is 13.6 Å². The number of nitrogens with zero attached hydrogens (tertiary/aromatic N) is 2. The van der Waals surface area contributed by atoms with Gasteiger partial charge < -0.3 is 30.1 Å². The van der Waals surface area contributed by atoms with E-state index >= 15 is 0 Å². The number of ether oxygens (including phenoxy) is 2. The molecular formula is C24H28F2N4O6. The Balaban J connectivity index is 1.33. The van der Waals surface area contributed by atoms with Gasteiger partial charge >= 0.3 is 12.1 Å². The van der Waals surface area contributed by atoms with E-state index < -0.39 is 35.6 Å². The van der Waals surface area contributed by atoms with E-state index in [1.807, 2.05) is 6.92 Å². The van der Waals surface area contributed by atoms with Gasteiger partial charge in [-0.2, -0.15) is 0 Å². The van der Waals surface area contributed by atoms with Gasteiger partial charge in [-0.05, 0) is 56.2 Å². The number of carbonyl (C=O) groups is 3.